The van der Waals surface area contributed by atoms with Crippen LogP contribution in [0.3, 0.4) is 0 Å². The molecule has 0 fully saturated rings. The van der Waals surface area contributed by atoms with E-state index in [4.69, 9.17) is 0 Å². The molecule has 0 unspecified atom stereocenters. The summed E-state index contributed by atoms with van der Waals surface area (Å²) in [5.41, 5.74) is 0. The number of hydrogen-bond acceptors (Lipinski definition) is 2. The first-order valence-corrected chi connectivity index (χ1v) is 0. The molecule has 1 radical (unpaired) electrons. The largest absolute Gasteiger partial charge is 2.00 e. The maximum absolute atomic E-state index is 0. The average Bonchev–Trinajstić information content (AvgIpc) is 0. The fourth-order valence-corrected chi connectivity index (χ4v) is 0. The summed E-state index contributed by atoms with van der Waals surface area (Å²) in [5.74, 6) is 0. The molecule has 0 bridgehead atoms. The Hall–Kier alpha value is 1.05. The first-order chi connectivity index (χ1) is 0. The van der Waals surface area contributed by atoms with Crippen LogP contribution in [-0.4, -0.2) is 21.9 Å². The molecule has 6 heavy (non-hydrogen) atoms. The van der Waals surface area contributed by atoms with Crippen molar-refractivity contribution < 1.29 is 60.0 Å². The van der Waals surface area contributed by atoms with Gasteiger partial charge in [-0.25, -0.2) is 0 Å². The second-order valence-electron chi connectivity index (χ2n) is 0. The fraction of sp³-hybridized carbons (Fsp3) is 0. The Morgan fingerprint density at radius 2 is 0.667 bits per heavy atom. The Bertz CT molecular complexity index is 7.51. The molecule has 0 spiro atoms. The summed E-state index contributed by atoms with van der Waals surface area (Å²) in [5, 5.41) is 0. The van der Waals surface area contributed by atoms with Crippen molar-refractivity contribution in [3.05, 3.63) is 0 Å². The smallest absolute Gasteiger partial charge is 0.870 e. The van der Waals surface area contributed by atoms with E-state index in [1.165, 1.54) is 0 Å². The van der Waals surface area contributed by atoms with E-state index in [0.29, 0.717) is 0 Å². The van der Waals surface area contributed by atoms with Gasteiger partial charge in [-0.2, -0.15) is 0 Å². The van der Waals surface area contributed by atoms with Gasteiger partial charge in [0.05, 0.1) is 0 Å². The van der Waals surface area contributed by atoms with Crippen LogP contribution in [0, 0.1) is 0 Å². The van der Waals surface area contributed by atoms with E-state index in [1.54, 1.807) is 0 Å². The Morgan fingerprint density at radius 1 is 0.667 bits per heavy atom. The summed E-state index contributed by atoms with van der Waals surface area (Å²) in [6.45, 7) is 0. The zero-order valence-electron chi connectivity index (χ0n) is 2.68. The SMILES string of the molecule is O.O.[Mn+2].[OH-].[OH-].[W]. The van der Waals surface area contributed by atoms with Crippen LogP contribution in [0.15, 0.2) is 0 Å². The molecule has 4 nitrogen and oxygen atoms in total. The van der Waals surface area contributed by atoms with Gasteiger partial charge >= 0.3 is 17.1 Å². The maximum atomic E-state index is 0. The molecule has 6 heteroatoms. The molecule has 0 aromatic heterocycles. The van der Waals surface area contributed by atoms with Gasteiger partial charge in [0.1, 0.15) is 0 Å². The molecule has 43 valence electrons. The van der Waals surface area contributed by atoms with Crippen molar-refractivity contribution in [3.63, 3.8) is 0 Å². The summed E-state index contributed by atoms with van der Waals surface area (Å²) < 4.78 is 0. The first kappa shape index (κ1) is 235. The summed E-state index contributed by atoms with van der Waals surface area (Å²) in [6, 6.07) is 0. The van der Waals surface area contributed by atoms with E-state index in [2.05, 4.69) is 0 Å². The third-order valence-corrected chi connectivity index (χ3v) is 0. The molecule has 0 atom stereocenters. The van der Waals surface area contributed by atoms with Crippen molar-refractivity contribution in [2.45, 2.75) is 0 Å². The Balaban J connectivity index is 0. The van der Waals surface area contributed by atoms with Crippen LogP contribution in [0.1, 0.15) is 0 Å². The van der Waals surface area contributed by atoms with Gasteiger partial charge in [0.2, 0.25) is 0 Å². The van der Waals surface area contributed by atoms with Crippen LogP contribution in [0.4, 0.5) is 0 Å². The van der Waals surface area contributed by atoms with E-state index in [0.717, 1.165) is 0 Å². The molecule has 0 amide bonds. The molecule has 6 N–H and O–H groups in total. The monoisotopic (exact) mass is 309 g/mol. The molecular weight excluding hydrogens is 303 g/mol. The first-order valence-electron chi connectivity index (χ1n) is 0. The van der Waals surface area contributed by atoms with Gasteiger partial charge in [0.15, 0.2) is 0 Å². The van der Waals surface area contributed by atoms with E-state index < -0.39 is 0 Å². The van der Waals surface area contributed by atoms with Crippen molar-refractivity contribution in [2.24, 2.45) is 0 Å². The normalized spacial score (nSPS) is 0. The van der Waals surface area contributed by atoms with Gasteiger partial charge < -0.3 is 21.9 Å². The molecule has 0 heterocycles. The molecule has 0 rings (SSSR count). The van der Waals surface area contributed by atoms with Gasteiger partial charge in [0.25, 0.3) is 0 Å². The standard InChI is InChI=1S/Mn.4H2O.W/h;4*1H2;/q+2;;;;;/p-2. The van der Waals surface area contributed by atoms with E-state index in [1.807, 2.05) is 0 Å². The van der Waals surface area contributed by atoms with Gasteiger partial charge in [0, 0.05) is 21.1 Å². The van der Waals surface area contributed by atoms with Crippen LogP contribution >= 0.6 is 0 Å². The minimum atomic E-state index is 0. The Labute approximate surface area is 60.3 Å². The Morgan fingerprint density at radius 3 is 0.667 bits per heavy atom. The molecule has 0 aliphatic carbocycles. The molecule has 0 saturated heterocycles. The second-order valence-corrected chi connectivity index (χ2v) is 0. The van der Waals surface area contributed by atoms with E-state index in [9.17, 15) is 0 Å². The minimum Gasteiger partial charge on any atom is -0.870 e. The molecule has 0 aromatic rings. The third kappa shape index (κ3) is 75.3. The summed E-state index contributed by atoms with van der Waals surface area (Å²) in [4.78, 5) is 0. The van der Waals surface area contributed by atoms with Crippen LogP contribution in [-0.2, 0) is 38.1 Å². The number of hydrogen-bond donors (Lipinski definition) is 0. The van der Waals surface area contributed by atoms with Crippen molar-refractivity contribution in [1.29, 1.82) is 0 Å². The predicted molar refractivity (Wildman–Crippen MR) is 11.1 cm³/mol. The fourth-order valence-electron chi connectivity index (χ4n) is 0. The molecule has 0 saturated carbocycles. The van der Waals surface area contributed by atoms with Crippen LogP contribution in [0.5, 0.6) is 0 Å². The van der Waals surface area contributed by atoms with Crippen LogP contribution in [0.25, 0.3) is 0 Å². The number of rotatable bonds is 0. The predicted octanol–water partition coefficient (Wildman–Crippen LogP) is -2.01. The molecule has 0 aliphatic rings. The molecular formula is H6MnO4W. The molecule has 0 aliphatic heterocycles. The van der Waals surface area contributed by atoms with Gasteiger partial charge in [-0.15, -0.1) is 0 Å². The summed E-state index contributed by atoms with van der Waals surface area (Å²) in [7, 11) is 0. The summed E-state index contributed by atoms with van der Waals surface area (Å²) >= 11 is 0. The van der Waals surface area contributed by atoms with E-state index >= 15 is 0 Å². The minimum absolute atomic E-state index is 0. The van der Waals surface area contributed by atoms with Crippen LogP contribution < -0.4 is 0 Å². The van der Waals surface area contributed by atoms with Crippen LogP contribution in [0.2, 0.25) is 0 Å². The summed E-state index contributed by atoms with van der Waals surface area (Å²) in [6.07, 6.45) is 0. The molecule has 0 aromatic carbocycles. The van der Waals surface area contributed by atoms with Gasteiger partial charge in [-0.1, -0.05) is 0 Å². The maximum Gasteiger partial charge on any atom is 2.00 e. The van der Waals surface area contributed by atoms with Crippen molar-refractivity contribution in [2.75, 3.05) is 0 Å². The zero-order valence-corrected chi connectivity index (χ0v) is 6.79. The van der Waals surface area contributed by atoms with E-state index in [-0.39, 0.29) is 60.0 Å². The van der Waals surface area contributed by atoms with Crippen molar-refractivity contribution in [1.82, 2.24) is 0 Å². The second kappa shape index (κ2) is 140. The quantitative estimate of drug-likeness (QED) is 0.480. The van der Waals surface area contributed by atoms with Gasteiger partial charge in [-0.3, -0.25) is 0 Å². The third-order valence-electron chi connectivity index (χ3n) is 0. The topological polar surface area (TPSA) is 123 Å². The Kier molecular flexibility index (Phi) is 5490. The van der Waals surface area contributed by atoms with Gasteiger partial charge in [-0.05, 0) is 0 Å². The average molecular weight is 309 g/mol. The van der Waals surface area contributed by atoms with Crippen molar-refractivity contribution in [3.8, 4) is 0 Å². The van der Waals surface area contributed by atoms with Crippen molar-refractivity contribution >= 4 is 0 Å². The zero-order chi connectivity index (χ0) is 0.